The van der Waals surface area contributed by atoms with E-state index in [0.717, 1.165) is 0 Å². The van der Waals surface area contributed by atoms with Gasteiger partial charge in [-0.1, -0.05) is 23.2 Å². The highest BCUT2D eigenvalue weighted by Crippen LogP contribution is 2.19. The third-order valence-corrected chi connectivity index (χ3v) is 2.69. The highest BCUT2D eigenvalue weighted by Gasteiger charge is 2.11. The van der Waals surface area contributed by atoms with E-state index < -0.39 is 0 Å². The molecule has 0 radical (unpaired) electrons. The van der Waals surface area contributed by atoms with Crippen LogP contribution in [0.1, 0.15) is 10.4 Å². The van der Waals surface area contributed by atoms with Crippen LogP contribution in [0.2, 0.25) is 10.0 Å². The third kappa shape index (κ3) is 2.91. The molecule has 18 heavy (non-hydrogen) atoms. The molecule has 2 aromatic rings. The summed E-state index contributed by atoms with van der Waals surface area (Å²) in [6.07, 6.45) is 1.50. The van der Waals surface area contributed by atoms with Crippen LogP contribution in [0.15, 0.2) is 36.5 Å². The van der Waals surface area contributed by atoms with Gasteiger partial charge in [0, 0.05) is 21.9 Å². The zero-order valence-corrected chi connectivity index (χ0v) is 10.7. The molecule has 1 heterocycles. The number of nitrogens with zero attached hydrogens (tertiary/aromatic N) is 1. The van der Waals surface area contributed by atoms with Crippen LogP contribution in [0.4, 0.5) is 11.5 Å². The Morgan fingerprint density at radius 1 is 1.17 bits per heavy atom. The van der Waals surface area contributed by atoms with Crippen molar-refractivity contribution in [2.75, 3.05) is 11.1 Å². The zero-order valence-electron chi connectivity index (χ0n) is 9.15. The summed E-state index contributed by atoms with van der Waals surface area (Å²) in [5.74, 6) is -0.0309. The van der Waals surface area contributed by atoms with Crippen LogP contribution in [-0.2, 0) is 0 Å². The smallest absolute Gasteiger partial charge is 0.258 e. The SMILES string of the molecule is Nc1ccc(Cl)cc1C(=O)Nc1cc(Cl)ccn1. The minimum atomic E-state index is -0.384. The van der Waals surface area contributed by atoms with Gasteiger partial charge in [0.25, 0.3) is 5.91 Å². The maximum absolute atomic E-state index is 12.0. The Bertz CT molecular complexity index is 602. The van der Waals surface area contributed by atoms with Crippen molar-refractivity contribution in [2.45, 2.75) is 0 Å². The Hall–Kier alpha value is -1.78. The number of pyridine rings is 1. The summed E-state index contributed by atoms with van der Waals surface area (Å²) in [7, 11) is 0. The molecule has 0 atom stereocenters. The minimum absolute atomic E-state index is 0.296. The van der Waals surface area contributed by atoms with E-state index in [-0.39, 0.29) is 5.91 Å². The van der Waals surface area contributed by atoms with Crippen LogP contribution in [-0.4, -0.2) is 10.9 Å². The summed E-state index contributed by atoms with van der Waals surface area (Å²) in [5, 5.41) is 3.52. The molecule has 3 N–H and O–H groups in total. The van der Waals surface area contributed by atoms with Crippen molar-refractivity contribution in [3.8, 4) is 0 Å². The number of hydrogen-bond acceptors (Lipinski definition) is 3. The average Bonchev–Trinajstić information content (AvgIpc) is 2.32. The number of nitrogens with one attached hydrogen (secondary N) is 1. The molecule has 2 rings (SSSR count). The highest BCUT2D eigenvalue weighted by molar-refractivity contribution is 6.31. The second kappa shape index (κ2) is 5.25. The maximum Gasteiger partial charge on any atom is 0.258 e. The predicted molar refractivity (Wildman–Crippen MR) is 73.1 cm³/mol. The first-order chi connectivity index (χ1) is 8.56. The number of carbonyl (C=O) groups is 1. The molecule has 92 valence electrons. The Labute approximate surface area is 114 Å². The van der Waals surface area contributed by atoms with Crippen molar-refractivity contribution in [1.82, 2.24) is 4.98 Å². The van der Waals surface area contributed by atoms with Crippen molar-refractivity contribution in [3.05, 3.63) is 52.1 Å². The molecular formula is C12H9Cl2N3O. The standard InChI is InChI=1S/C12H9Cl2N3O/c13-7-1-2-10(15)9(5-7)12(18)17-11-6-8(14)3-4-16-11/h1-6H,15H2,(H,16,17,18). The van der Waals surface area contributed by atoms with Crippen LogP contribution in [0, 0.1) is 0 Å². The van der Waals surface area contributed by atoms with Gasteiger partial charge in [0.05, 0.1) is 5.56 Å². The van der Waals surface area contributed by atoms with E-state index >= 15 is 0 Å². The molecule has 1 aromatic heterocycles. The Morgan fingerprint density at radius 2 is 1.89 bits per heavy atom. The molecule has 4 nitrogen and oxygen atoms in total. The molecule has 0 aliphatic carbocycles. The summed E-state index contributed by atoms with van der Waals surface area (Å²) in [6, 6.07) is 7.84. The highest BCUT2D eigenvalue weighted by atomic mass is 35.5. The lowest BCUT2D eigenvalue weighted by Crippen LogP contribution is -2.14. The number of halogens is 2. The van der Waals surface area contributed by atoms with Crippen molar-refractivity contribution >= 4 is 40.6 Å². The van der Waals surface area contributed by atoms with Gasteiger partial charge in [-0.15, -0.1) is 0 Å². The fourth-order valence-corrected chi connectivity index (χ4v) is 1.71. The topological polar surface area (TPSA) is 68.0 Å². The van der Waals surface area contributed by atoms with E-state index in [2.05, 4.69) is 10.3 Å². The van der Waals surface area contributed by atoms with E-state index in [1.54, 1.807) is 24.3 Å². The fraction of sp³-hybridized carbons (Fsp3) is 0. The lowest BCUT2D eigenvalue weighted by Gasteiger charge is -2.07. The number of hydrogen-bond donors (Lipinski definition) is 2. The molecule has 0 aliphatic rings. The normalized spacial score (nSPS) is 10.1. The quantitative estimate of drug-likeness (QED) is 0.831. The number of aromatic nitrogens is 1. The maximum atomic E-state index is 12.0. The predicted octanol–water partition coefficient (Wildman–Crippen LogP) is 3.22. The van der Waals surface area contributed by atoms with E-state index in [1.165, 1.54) is 12.3 Å². The number of rotatable bonds is 2. The Balaban J connectivity index is 2.24. The molecule has 0 spiro atoms. The lowest BCUT2D eigenvalue weighted by molar-refractivity contribution is 0.102. The van der Waals surface area contributed by atoms with Gasteiger partial charge in [-0.25, -0.2) is 4.98 Å². The molecule has 0 fully saturated rings. The second-order valence-electron chi connectivity index (χ2n) is 3.54. The van der Waals surface area contributed by atoms with E-state index in [9.17, 15) is 4.79 Å². The Kier molecular flexibility index (Phi) is 3.69. The van der Waals surface area contributed by atoms with Crippen LogP contribution >= 0.6 is 23.2 Å². The fourth-order valence-electron chi connectivity index (χ4n) is 1.38. The van der Waals surface area contributed by atoms with E-state index in [4.69, 9.17) is 28.9 Å². The summed E-state index contributed by atoms with van der Waals surface area (Å²) in [4.78, 5) is 15.9. The number of anilines is 2. The average molecular weight is 282 g/mol. The molecular weight excluding hydrogens is 273 g/mol. The van der Waals surface area contributed by atoms with Crippen molar-refractivity contribution in [3.63, 3.8) is 0 Å². The molecule has 0 saturated carbocycles. The van der Waals surface area contributed by atoms with Crippen LogP contribution in [0.25, 0.3) is 0 Å². The van der Waals surface area contributed by atoms with Crippen molar-refractivity contribution < 1.29 is 4.79 Å². The van der Waals surface area contributed by atoms with Crippen LogP contribution < -0.4 is 11.1 Å². The molecule has 1 amide bonds. The molecule has 0 bridgehead atoms. The monoisotopic (exact) mass is 281 g/mol. The van der Waals surface area contributed by atoms with Gasteiger partial charge in [0.2, 0.25) is 0 Å². The van der Waals surface area contributed by atoms with Gasteiger partial charge in [-0.2, -0.15) is 0 Å². The first-order valence-electron chi connectivity index (χ1n) is 5.04. The largest absolute Gasteiger partial charge is 0.398 e. The van der Waals surface area contributed by atoms with Gasteiger partial charge in [0.15, 0.2) is 0 Å². The van der Waals surface area contributed by atoms with Crippen LogP contribution in [0.5, 0.6) is 0 Å². The van der Waals surface area contributed by atoms with Gasteiger partial charge in [0.1, 0.15) is 5.82 Å². The van der Waals surface area contributed by atoms with Gasteiger partial charge in [-0.3, -0.25) is 4.79 Å². The number of nitrogens with two attached hydrogens (primary N) is 1. The minimum Gasteiger partial charge on any atom is -0.398 e. The number of benzene rings is 1. The number of amides is 1. The first kappa shape index (κ1) is 12.7. The second-order valence-corrected chi connectivity index (χ2v) is 4.42. The molecule has 1 aromatic carbocycles. The summed E-state index contributed by atoms with van der Waals surface area (Å²) in [6.45, 7) is 0. The van der Waals surface area contributed by atoms with E-state index in [0.29, 0.717) is 27.1 Å². The van der Waals surface area contributed by atoms with Crippen molar-refractivity contribution in [1.29, 1.82) is 0 Å². The third-order valence-electron chi connectivity index (χ3n) is 2.22. The molecule has 6 heteroatoms. The number of carbonyl (C=O) groups excluding carboxylic acids is 1. The van der Waals surface area contributed by atoms with Gasteiger partial charge >= 0.3 is 0 Å². The zero-order chi connectivity index (χ0) is 13.1. The van der Waals surface area contributed by atoms with E-state index in [1.807, 2.05) is 0 Å². The van der Waals surface area contributed by atoms with Crippen molar-refractivity contribution in [2.24, 2.45) is 0 Å². The summed E-state index contributed by atoms with van der Waals surface area (Å²) < 4.78 is 0. The number of nitrogen functional groups attached to an aromatic ring is 1. The van der Waals surface area contributed by atoms with Crippen LogP contribution in [0.3, 0.4) is 0 Å². The summed E-state index contributed by atoms with van der Waals surface area (Å²) in [5.41, 5.74) is 6.35. The molecule has 0 aliphatic heterocycles. The molecule has 0 unspecified atom stereocenters. The molecule has 0 saturated heterocycles. The first-order valence-corrected chi connectivity index (χ1v) is 5.80. The van der Waals surface area contributed by atoms with Gasteiger partial charge in [-0.05, 0) is 30.3 Å². The van der Waals surface area contributed by atoms with Gasteiger partial charge < -0.3 is 11.1 Å². The summed E-state index contributed by atoms with van der Waals surface area (Å²) >= 11 is 11.6. The lowest BCUT2D eigenvalue weighted by atomic mass is 10.1. The Morgan fingerprint density at radius 3 is 2.61 bits per heavy atom.